The predicted octanol–water partition coefficient (Wildman–Crippen LogP) is 3.74. The second-order valence-corrected chi connectivity index (χ2v) is 5.95. The Hall–Kier alpha value is -1.00. The van der Waals surface area contributed by atoms with E-state index in [1.807, 2.05) is 0 Å². The number of nitrogens with one attached hydrogen (secondary N) is 1. The average Bonchev–Trinajstić information content (AvgIpc) is 3.29. The van der Waals surface area contributed by atoms with Gasteiger partial charge in [0.1, 0.15) is 0 Å². The molecule has 4 heteroatoms. The van der Waals surface area contributed by atoms with Crippen molar-refractivity contribution >= 4 is 0 Å². The Labute approximate surface area is 126 Å². The smallest absolute Gasteiger partial charge is 0.163 e. The topological polar surface area (TPSA) is 15.3 Å². The maximum absolute atomic E-state index is 14.1. The molecular formula is C17H26F2N2. The number of hydrogen-bond donors (Lipinski definition) is 1. The van der Waals surface area contributed by atoms with Crippen LogP contribution >= 0.6 is 0 Å². The standard InChI is InChI=1S/C17H26F2N2/c1-3-10-20-16(12-21(4-2)11-13-8-9-13)14-6-5-7-15(18)17(14)19/h5-7,13,16,20H,3-4,8-12H2,1-2H3. The van der Waals surface area contributed by atoms with Gasteiger partial charge in [0.2, 0.25) is 0 Å². The Morgan fingerprint density at radius 1 is 1.29 bits per heavy atom. The molecule has 1 saturated carbocycles. The summed E-state index contributed by atoms with van der Waals surface area (Å²) in [6.07, 6.45) is 3.58. The fourth-order valence-corrected chi connectivity index (χ4v) is 2.64. The maximum Gasteiger partial charge on any atom is 0.163 e. The molecule has 0 bridgehead atoms. The van der Waals surface area contributed by atoms with Crippen LogP contribution in [0.5, 0.6) is 0 Å². The van der Waals surface area contributed by atoms with Crippen LogP contribution in [-0.2, 0) is 0 Å². The number of hydrogen-bond acceptors (Lipinski definition) is 2. The Morgan fingerprint density at radius 3 is 2.67 bits per heavy atom. The van der Waals surface area contributed by atoms with Crippen molar-refractivity contribution in [3.05, 3.63) is 35.4 Å². The van der Waals surface area contributed by atoms with Crippen LogP contribution in [0.3, 0.4) is 0 Å². The zero-order valence-corrected chi connectivity index (χ0v) is 13.0. The molecular weight excluding hydrogens is 270 g/mol. The summed E-state index contributed by atoms with van der Waals surface area (Å²) in [6, 6.07) is 4.30. The first-order chi connectivity index (χ1) is 10.2. The molecule has 0 aromatic heterocycles. The van der Waals surface area contributed by atoms with Gasteiger partial charge < -0.3 is 10.2 Å². The van der Waals surface area contributed by atoms with Crippen LogP contribution in [0, 0.1) is 17.6 Å². The molecule has 2 rings (SSSR count). The molecule has 0 heterocycles. The van der Waals surface area contributed by atoms with E-state index in [0.29, 0.717) is 5.56 Å². The van der Waals surface area contributed by atoms with Gasteiger partial charge in [-0.25, -0.2) is 8.78 Å². The number of halogens is 2. The first-order valence-corrected chi connectivity index (χ1v) is 8.05. The van der Waals surface area contributed by atoms with Crippen LogP contribution in [0.15, 0.2) is 18.2 Å². The van der Waals surface area contributed by atoms with Gasteiger partial charge in [0.15, 0.2) is 11.6 Å². The van der Waals surface area contributed by atoms with E-state index in [0.717, 1.165) is 38.5 Å². The van der Waals surface area contributed by atoms with Crippen molar-refractivity contribution in [3.63, 3.8) is 0 Å². The van der Waals surface area contributed by atoms with E-state index in [1.54, 1.807) is 12.1 Å². The van der Waals surface area contributed by atoms with E-state index in [9.17, 15) is 8.78 Å². The summed E-state index contributed by atoms with van der Waals surface area (Å²) in [5, 5.41) is 3.36. The van der Waals surface area contributed by atoms with Crippen LogP contribution in [0.25, 0.3) is 0 Å². The lowest BCUT2D eigenvalue weighted by Crippen LogP contribution is -2.37. The molecule has 0 spiro atoms. The normalized spacial score (nSPS) is 16.4. The zero-order valence-electron chi connectivity index (χ0n) is 13.0. The first kappa shape index (κ1) is 16.4. The van der Waals surface area contributed by atoms with Gasteiger partial charge in [-0.15, -0.1) is 0 Å². The van der Waals surface area contributed by atoms with Gasteiger partial charge in [-0.3, -0.25) is 0 Å². The van der Waals surface area contributed by atoms with E-state index in [1.165, 1.54) is 18.9 Å². The summed E-state index contributed by atoms with van der Waals surface area (Å²) in [5.41, 5.74) is 0.442. The van der Waals surface area contributed by atoms with Crippen molar-refractivity contribution in [2.45, 2.75) is 39.2 Å². The second kappa shape index (κ2) is 7.85. The minimum absolute atomic E-state index is 0.153. The van der Waals surface area contributed by atoms with Gasteiger partial charge in [0.05, 0.1) is 0 Å². The molecule has 0 aliphatic heterocycles. The molecule has 1 atom stereocenters. The quantitative estimate of drug-likeness (QED) is 0.747. The van der Waals surface area contributed by atoms with Crippen molar-refractivity contribution in [2.75, 3.05) is 26.2 Å². The molecule has 21 heavy (non-hydrogen) atoms. The van der Waals surface area contributed by atoms with Crippen LogP contribution in [-0.4, -0.2) is 31.1 Å². The zero-order chi connectivity index (χ0) is 15.2. The molecule has 1 aliphatic carbocycles. The number of nitrogens with zero attached hydrogens (tertiary/aromatic N) is 1. The summed E-state index contributed by atoms with van der Waals surface area (Å²) in [4.78, 5) is 2.34. The van der Waals surface area contributed by atoms with Crippen molar-refractivity contribution in [3.8, 4) is 0 Å². The minimum atomic E-state index is -0.763. The van der Waals surface area contributed by atoms with E-state index in [4.69, 9.17) is 0 Å². The molecule has 1 aliphatic rings. The molecule has 1 aromatic rings. The van der Waals surface area contributed by atoms with Crippen molar-refractivity contribution in [1.29, 1.82) is 0 Å². The Bertz CT molecular complexity index is 446. The van der Waals surface area contributed by atoms with Crippen LogP contribution in [0.4, 0.5) is 8.78 Å². The van der Waals surface area contributed by atoms with Crippen LogP contribution in [0.2, 0.25) is 0 Å². The van der Waals surface area contributed by atoms with E-state index in [2.05, 4.69) is 24.1 Å². The van der Waals surface area contributed by atoms with Crippen molar-refractivity contribution < 1.29 is 8.78 Å². The number of benzene rings is 1. The lowest BCUT2D eigenvalue weighted by atomic mass is 10.0. The fraction of sp³-hybridized carbons (Fsp3) is 0.647. The third-order valence-electron chi connectivity index (χ3n) is 4.10. The molecule has 0 saturated heterocycles. The summed E-state index contributed by atoms with van der Waals surface area (Å²) in [5.74, 6) is -0.677. The van der Waals surface area contributed by atoms with Gasteiger partial charge in [0, 0.05) is 24.7 Å². The molecule has 0 amide bonds. The Morgan fingerprint density at radius 2 is 2.05 bits per heavy atom. The lowest BCUT2D eigenvalue weighted by Gasteiger charge is -2.28. The molecule has 1 fully saturated rings. The summed E-state index contributed by atoms with van der Waals surface area (Å²) in [6.45, 7) is 7.75. The SMILES string of the molecule is CCCNC(CN(CC)CC1CC1)c1cccc(F)c1F. The fourth-order valence-electron chi connectivity index (χ4n) is 2.64. The minimum Gasteiger partial charge on any atom is -0.309 e. The molecule has 118 valence electrons. The summed E-state index contributed by atoms with van der Waals surface area (Å²) >= 11 is 0. The van der Waals surface area contributed by atoms with Crippen LogP contribution < -0.4 is 5.32 Å². The monoisotopic (exact) mass is 296 g/mol. The van der Waals surface area contributed by atoms with Crippen molar-refractivity contribution in [1.82, 2.24) is 10.2 Å². The number of rotatable bonds is 9. The van der Waals surface area contributed by atoms with Crippen LogP contribution in [0.1, 0.15) is 44.7 Å². The van der Waals surface area contributed by atoms with Gasteiger partial charge >= 0.3 is 0 Å². The lowest BCUT2D eigenvalue weighted by molar-refractivity contribution is 0.241. The third-order valence-corrected chi connectivity index (χ3v) is 4.10. The van der Waals surface area contributed by atoms with E-state index < -0.39 is 11.6 Å². The summed E-state index contributed by atoms with van der Waals surface area (Å²) < 4.78 is 27.6. The molecule has 1 aromatic carbocycles. The van der Waals surface area contributed by atoms with Gasteiger partial charge in [0.25, 0.3) is 0 Å². The van der Waals surface area contributed by atoms with E-state index >= 15 is 0 Å². The third kappa shape index (κ3) is 4.75. The largest absolute Gasteiger partial charge is 0.309 e. The molecule has 2 nitrogen and oxygen atoms in total. The van der Waals surface area contributed by atoms with Gasteiger partial charge in [-0.1, -0.05) is 26.0 Å². The van der Waals surface area contributed by atoms with Gasteiger partial charge in [-0.2, -0.15) is 0 Å². The van der Waals surface area contributed by atoms with Gasteiger partial charge in [-0.05, 0) is 44.3 Å². The molecule has 1 N–H and O–H groups in total. The molecule has 1 unspecified atom stereocenters. The molecule has 0 radical (unpaired) electrons. The average molecular weight is 296 g/mol. The maximum atomic E-state index is 14.1. The predicted molar refractivity (Wildman–Crippen MR) is 82.2 cm³/mol. The van der Waals surface area contributed by atoms with Crippen molar-refractivity contribution in [2.24, 2.45) is 5.92 Å². The highest BCUT2D eigenvalue weighted by atomic mass is 19.2. The Kier molecular flexibility index (Phi) is 6.12. The number of likely N-dealkylation sites (N-methyl/N-ethyl adjacent to an activating group) is 1. The Balaban J connectivity index is 2.10. The first-order valence-electron chi connectivity index (χ1n) is 8.05. The van der Waals surface area contributed by atoms with E-state index in [-0.39, 0.29) is 6.04 Å². The second-order valence-electron chi connectivity index (χ2n) is 5.95. The highest BCUT2D eigenvalue weighted by Crippen LogP contribution is 2.30. The summed E-state index contributed by atoms with van der Waals surface area (Å²) in [7, 11) is 0. The highest BCUT2D eigenvalue weighted by molar-refractivity contribution is 5.23. The highest BCUT2D eigenvalue weighted by Gasteiger charge is 2.26.